The minimum atomic E-state index is -4.39. The predicted octanol–water partition coefficient (Wildman–Crippen LogP) is 2.11. The van der Waals surface area contributed by atoms with Gasteiger partial charge in [-0.05, 0) is 36.1 Å². The summed E-state index contributed by atoms with van der Waals surface area (Å²) in [6.45, 7) is 0.0627. The number of nitrogens with one attached hydrogen (secondary N) is 2. The van der Waals surface area contributed by atoms with Gasteiger partial charge in [-0.25, -0.2) is 4.79 Å². The van der Waals surface area contributed by atoms with Crippen LogP contribution in [-0.4, -0.2) is 30.0 Å². The van der Waals surface area contributed by atoms with Crippen LogP contribution in [0.25, 0.3) is 0 Å². The van der Waals surface area contributed by atoms with Crippen LogP contribution in [0.1, 0.15) is 17.5 Å². The number of thioether (sulfide) groups is 1. The number of benzene rings is 1. The molecule has 23 heavy (non-hydrogen) atoms. The average Bonchev–Trinajstić information content (AvgIpc) is 2.48. The van der Waals surface area contributed by atoms with Gasteiger partial charge in [0.25, 0.3) is 0 Å². The normalized spacial score (nSPS) is 12.5. The summed E-state index contributed by atoms with van der Waals surface area (Å²) in [6.07, 6.45) is -2.12. The number of halogens is 3. The van der Waals surface area contributed by atoms with Crippen LogP contribution in [0.2, 0.25) is 0 Å². The molecule has 0 aliphatic rings. The van der Waals surface area contributed by atoms with Crippen LogP contribution in [0.5, 0.6) is 0 Å². The zero-order valence-corrected chi connectivity index (χ0v) is 13.3. The molecule has 1 unspecified atom stereocenters. The van der Waals surface area contributed by atoms with E-state index in [2.05, 4.69) is 10.6 Å². The number of carbonyl (C=O) groups is 2. The Labute approximate surface area is 136 Å². The molecule has 0 fully saturated rings. The lowest BCUT2D eigenvalue weighted by atomic mass is 10.1. The third-order valence-corrected chi connectivity index (χ3v) is 3.64. The molecule has 9 heteroatoms. The van der Waals surface area contributed by atoms with E-state index >= 15 is 0 Å². The molecule has 0 spiro atoms. The molecule has 1 rings (SSSR count). The summed E-state index contributed by atoms with van der Waals surface area (Å²) in [6, 6.07) is 2.92. The molecule has 5 nitrogen and oxygen atoms in total. The molecular weight excluding hydrogens is 331 g/mol. The van der Waals surface area contributed by atoms with Gasteiger partial charge in [-0.2, -0.15) is 24.9 Å². The van der Waals surface area contributed by atoms with E-state index in [1.807, 2.05) is 6.26 Å². The zero-order chi connectivity index (χ0) is 17.5. The molecule has 0 aromatic heterocycles. The largest absolute Gasteiger partial charge is 0.416 e. The highest BCUT2D eigenvalue weighted by molar-refractivity contribution is 7.98. The number of urea groups is 1. The SMILES string of the molecule is CSCCC(NC(N)=O)C(=O)NCc1ccc(C(F)(F)F)cc1. The lowest BCUT2D eigenvalue weighted by molar-refractivity contribution is -0.137. The summed E-state index contributed by atoms with van der Waals surface area (Å²) in [5.41, 5.74) is 4.80. The summed E-state index contributed by atoms with van der Waals surface area (Å²) in [4.78, 5) is 22.9. The molecule has 1 aromatic carbocycles. The third kappa shape index (κ3) is 6.81. The first-order chi connectivity index (χ1) is 10.7. The second-order valence-electron chi connectivity index (χ2n) is 4.76. The van der Waals surface area contributed by atoms with Crippen molar-refractivity contribution in [2.75, 3.05) is 12.0 Å². The Balaban J connectivity index is 2.60. The van der Waals surface area contributed by atoms with Crippen LogP contribution < -0.4 is 16.4 Å². The van der Waals surface area contributed by atoms with Crippen molar-refractivity contribution < 1.29 is 22.8 Å². The molecule has 1 aromatic rings. The van der Waals surface area contributed by atoms with Gasteiger partial charge in [0.15, 0.2) is 0 Å². The van der Waals surface area contributed by atoms with E-state index in [0.29, 0.717) is 17.7 Å². The first-order valence-electron chi connectivity index (χ1n) is 6.72. The molecule has 0 heterocycles. The van der Waals surface area contributed by atoms with Gasteiger partial charge >= 0.3 is 12.2 Å². The lowest BCUT2D eigenvalue weighted by Gasteiger charge is -2.17. The van der Waals surface area contributed by atoms with E-state index in [-0.39, 0.29) is 6.54 Å². The Morgan fingerprint density at radius 2 is 1.87 bits per heavy atom. The van der Waals surface area contributed by atoms with Crippen molar-refractivity contribution in [1.82, 2.24) is 10.6 Å². The number of rotatable bonds is 7. The Bertz CT molecular complexity index is 535. The fourth-order valence-corrected chi connectivity index (χ4v) is 2.27. The number of alkyl halides is 3. The van der Waals surface area contributed by atoms with Crippen molar-refractivity contribution in [1.29, 1.82) is 0 Å². The number of primary amides is 1. The first kappa shape index (κ1) is 19.1. The van der Waals surface area contributed by atoms with Gasteiger partial charge in [-0.1, -0.05) is 12.1 Å². The maximum atomic E-state index is 12.5. The summed E-state index contributed by atoms with van der Waals surface area (Å²) in [5.74, 6) is 0.219. The van der Waals surface area contributed by atoms with Gasteiger partial charge in [0.05, 0.1) is 5.56 Å². The number of hydrogen-bond acceptors (Lipinski definition) is 3. The Morgan fingerprint density at radius 1 is 1.26 bits per heavy atom. The number of nitrogens with two attached hydrogens (primary N) is 1. The van der Waals surface area contributed by atoms with E-state index in [9.17, 15) is 22.8 Å². The number of hydrogen-bond donors (Lipinski definition) is 3. The van der Waals surface area contributed by atoms with Crippen LogP contribution in [0.4, 0.5) is 18.0 Å². The van der Waals surface area contributed by atoms with Crippen molar-refractivity contribution in [3.63, 3.8) is 0 Å². The van der Waals surface area contributed by atoms with Crippen molar-refractivity contribution >= 4 is 23.7 Å². The van der Waals surface area contributed by atoms with Crippen molar-refractivity contribution in [3.05, 3.63) is 35.4 Å². The molecule has 128 valence electrons. The van der Waals surface area contributed by atoms with Gasteiger partial charge < -0.3 is 16.4 Å². The highest BCUT2D eigenvalue weighted by Crippen LogP contribution is 2.29. The van der Waals surface area contributed by atoms with E-state index < -0.39 is 29.7 Å². The number of carbonyl (C=O) groups excluding carboxylic acids is 2. The molecule has 1 atom stereocenters. The molecule has 0 saturated heterocycles. The van der Waals surface area contributed by atoms with E-state index in [1.54, 1.807) is 0 Å². The van der Waals surface area contributed by atoms with Crippen LogP contribution in [0, 0.1) is 0 Å². The molecular formula is C14H18F3N3O2S. The fourth-order valence-electron chi connectivity index (χ4n) is 1.80. The molecule has 4 N–H and O–H groups in total. The monoisotopic (exact) mass is 349 g/mol. The van der Waals surface area contributed by atoms with Gasteiger partial charge in [0.2, 0.25) is 5.91 Å². The van der Waals surface area contributed by atoms with Gasteiger partial charge in [0.1, 0.15) is 6.04 Å². The summed E-state index contributed by atoms with van der Waals surface area (Å²) in [5, 5.41) is 4.92. The quantitative estimate of drug-likeness (QED) is 0.705. The minimum absolute atomic E-state index is 0.0627. The molecule has 0 radical (unpaired) electrons. The molecule has 0 aliphatic heterocycles. The highest BCUT2D eigenvalue weighted by atomic mass is 32.2. The second kappa shape index (κ2) is 8.66. The lowest BCUT2D eigenvalue weighted by Crippen LogP contribution is -2.48. The van der Waals surface area contributed by atoms with Crippen LogP contribution in [-0.2, 0) is 17.5 Å². The van der Waals surface area contributed by atoms with E-state index in [4.69, 9.17) is 5.73 Å². The second-order valence-corrected chi connectivity index (χ2v) is 5.74. The predicted molar refractivity (Wildman–Crippen MR) is 82.8 cm³/mol. The Hall–Kier alpha value is -1.90. The van der Waals surface area contributed by atoms with Gasteiger partial charge in [0, 0.05) is 6.54 Å². The van der Waals surface area contributed by atoms with Gasteiger partial charge in [-0.15, -0.1) is 0 Å². The Morgan fingerprint density at radius 3 is 2.35 bits per heavy atom. The first-order valence-corrected chi connectivity index (χ1v) is 8.12. The van der Waals surface area contributed by atoms with E-state index in [1.165, 1.54) is 23.9 Å². The van der Waals surface area contributed by atoms with Crippen molar-refractivity contribution in [2.45, 2.75) is 25.2 Å². The summed E-state index contributed by atoms with van der Waals surface area (Å²) < 4.78 is 37.4. The van der Waals surface area contributed by atoms with Gasteiger partial charge in [-0.3, -0.25) is 4.79 Å². The third-order valence-electron chi connectivity index (χ3n) is 2.99. The van der Waals surface area contributed by atoms with Crippen LogP contribution in [0.3, 0.4) is 0 Å². The van der Waals surface area contributed by atoms with Crippen LogP contribution >= 0.6 is 11.8 Å². The smallest absolute Gasteiger partial charge is 0.352 e. The molecule has 0 bridgehead atoms. The molecule has 0 aliphatic carbocycles. The fraction of sp³-hybridized carbons (Fsp3) is 0.429. The van der Waals surface area contributed by atoms with Crippen LogP contribution in [0.15, 0.2) is 24.3 Å². The topological polar surface area (TPSA) is 84.2 Å². The van der Waals surface area contributed by atoms with Crippen molar-refractivity contribution in [2.24, 2.45) is 5.73 Å². The minimum Gasteiger partial charge on any atom is -0.352 e. The van der Waals surface area contributed by atoms with Crippen molar-refractivity contribution in [3.8, 4) is 0 Å². The van der Waals surface area contributed by atoms with E-state index in [0.717, 1.165) is 12.1 Å². The summed E-state index contributed by atoms with van der Waals surface area (Å²) >= 11 is 1.51. The average molecular weight is 349 g/mol. The summed E-state index contributed by atoms with van der Waals surface area (Å²) in [7, 11) is 0. The highest BCUT2D eigenvalue weighted by Gasteiger charge is 2.29. The maximum Gasteiger partial charge on any atom is 0.416 e. The Kier molecular flexibility index (Phi) is 7.21. The number of amides is 3. The zero-order valence-electron chi connectivity index (χ0n) is 12.4. The molecule has 0 saturated carbocycles. The standard InChI is InChI=1S/C14H18F3N3O2S/c1-23-7-6-11(20-13(18)22)12(21)19-8-9-2-4-10(5-3-9)14(15,16)17/h2-5,11H,6-8H2,1H3,(H,19,21)(H3,18,20,22). The maximum absolute atomic E-state index is 12.5. The molecule has 3 amide bonds.